The van der Waals surface area contributed by atoms with Gasteiger partial charge in [0.15, 0.2) is 0 Å². The van der Waals surface area contributed by atoms with Gasteiger partial charge in [0.2, 0.25) is 0 Å². The lowest BCUT2D eigenvalue weighted by Crippen LogP contribution is -2.50. The second kappa shape index (κ2) is 8.42. The Morgan fingerprint density at radius 2 is 1.80 bits per heavy atom. The molecule has 30 heavy (non-hydrogen) atoms. The van der Waals surface area contributed by atoms with E-state index in [-0.39, 0.29) is 6.10 Å². The monoisotopic (exact) mass is 412 g/mol. The van der Waals surface area contributed by atoms with Crippen molar-refractivity contribution < 1.29 is 5.11 Å². The average Bonchev–Trinajstić information content (AvgIpc) is 3.06. The van der Waals surface area contributed by atoms with Crippen LogP contribution in [0.4, 0.5) is 0 Å². The van der Waals surface area contributed by atoms with E-state index < -0.39 is 0 Å². The van der Waals surface area contributed by atoms with Gasteiger partial charge in [-0.25, -0.2) is 0 Å². The Hall–Kier alpha value is -0.560. The highest BCUT2D eigenvalue weighted by Gasteiger charge is 2.58. The molecule has 0 aromatic heterocycles. The molecule has 4 aliphatic carbocycles. The first-order valence-electron chi connectivity index (χ1n) is 13.3. The number of hydrogen-bond acceptors (Lipinski definition) is 1. The Bertz CT molecular complexity index is 674. The third-order valence-corrected chi connectivity index (χ3v) is 10.8. The Morgan fingerprint density at radius 1 is 1.03 bits per heavy atom. The number of rotatable bonds is 5. The van der Waals surface area contributed by atoms with Crippen LogP contribution in [0.2, 0.25) is 0 Å². The molecule has 0 aromatic carbocycles. The highest BCUT2D eigenvalue weighted by atomic mass is 16.3. The molecule has 4 aliphatic rings. The second-order valence-electron chi connectivity index (χ2n) is 12.4. The zero-order valence-electron chi connectivity index (χ0n) is 20.7. The third-order valence-electron chi connectivity index (χ3n) is 10.8. The predicted molar refractivity (Wildman–Crippen MR) is 128 cm³/mol. The van der Waals surface area contributed by atoms with Gasteiger partial charge in [-0.05, 0) is 110 Å². The molecule has 3 fully saturated rings. The molecule has 170 valence electrons. The van der Waals surface area contributed by atoms with Crippen molar-refractivity contribution in [1.82, 2.24) is 0 Å². The molecule has 0 heterocycles. The lowest BCUT2D eigenvalue weighted by atomic mass is 9.47. The summed E-state index contributed by atoms with van der Waals surface area (Å²) in [6, 6.07) is 0. The summed E-state index contributed by atoms with van der Waals surface area (Å²) in [5.41, 5.74) is 2.51. The van der Waals surface area contributed by atoms with Crippen LogP contribution in [0, 0.1) is 52.3 Å². The van der Waals surface area contributed by atoms with Crippen molar-refractivity contribution in [3.63, 3.8) is 0 Å². The molecule has 0 aromatic rings. The molecule has 4 rings (SSSR count). The van der Waals surface area contributed by atoms with Gasteiger partial charge in [0.25, 0.3) is 0 Å². The van der Waals surface area contributed by atoms with Crippen molar-refractivity contribution >= 4 is 0 Å². The fourth-order valence-corrected chi connectivity index (χ4v) is 8.83. The molecule has 1 heteroatoms. The molecule has 1 N–H and O–H groups in total. The average molecular weight is 413 g/mol. The Balaban J connectivity index is 1.52. The minimum Gasteiger partial charge on any atom is -0.393 e. The van der Waals surface area contributed by atoms with Crippen LogP contribution in [0.3, 0.4) is 0 Å². The lowest BCUT2D eigenvalue weighted by molar-refractivity contribution is -0.0540. The Labute approximate surface area is 186 Å². The predicted octanol–water partition coefficient (Wildman–Crippen LogP) is 7.80. The van der Waals surface area contributed by atoms with Crippen LogP contribution in [0.1, 0.15) is 99.3 Å². The summed E-state index contributed by atoms with van der Waals surface area (Å²) in [6.45, 7) is 14.8. The van der Waals surface area contributed by atoms with Crippen molar-refractivity contribution in [2.45, 2.75) is 105 Å². The van der Waals surface area contributed by atoms with E-state index in [9.17, 15) is 5.11 Å². The largest absolute Gasteiger partial charge is 0.393 e. The zero-order valence-corrected chi connectivity index (χ0v) is 20.7. The van der Waals surface area contributed by atoms with Gasteiger partial charge in [0.05, 0.1) is 6.10 Å². The van der Waals surface area contributed by atoms with Gasteiger partial charge >= 0.3 is 0 Å². The van der Waals surface area contributed by atoms with E-state index in [4.69, 9.17) is 0 Å². The van der Waals surface area contributed by atoms with Gasteiger partial charge < -0.3 is 5.11 Å². The van der Waals surface area contributed by atoms with Crippen molar-refractivity contribution in [2.24, 2.45) is 52.3 Å². The van der Waals surface area contributed by atoms with Gasteiger partial charge in [-0.15, -0.1) is 0 Å². The molecule has 0 saturated heterocycles. The standard InChI is InChI=1S/C29H48O/c1-7-21(19(2)3)9-8-20(4)25-12-13-26-24-11-10-22-18-23(30)14-16-28(22,5)27(24)15-17-29(25,26)6/h8-10,19-21,23-27,30H,7,11-18H2,1-6H3/b9-8+/t20-,21-,23?,24?,25-,26?,27?,28+,29-/m1/s1. The van der Waals surface area contributed by atoms with Crippen molar-refractivity contribution in [2.75, 3.05) is 0 Å². The molecule has 1 nitrogen and oxygen atoms in total. The van der Waals surface area contributed by atoms with Crippen molar-refractivity contribution in [3.05, 3.63) is 23.8 Å². The summed E-state index contributed by atoms with van der Waals surface area (Å²) in [5.74, 6) is 5.70. The third kappa shape index (κ3) is 3.66. The van der Waals surface area contributed by atoms with E-state index in [0.717, 1.165) is 48.3 Å². The first-order chi connectivity index (χ1) is 14.2. The molecular weight excluding hydrogens is 364 g/mol. The van der Waals surface area contributed by atoms with Gasteiger partial charge in [0, 0.05) is 0 Å². The summed E-state index contributed by atoms with van der Waals surface area (Å²) >= 11 is 0. The van der Waals surface area contributed by atoms with E-state index in [0.29, 0.717) is 16.7 Å². The van der Waals surface area contributed by atoms with E-state index in [1.807, 2.05) is 0 Å². The van der Waals surface area contributed by atoms with Gasteiger partial charge in [-0.2, -0.15) is 0 Å². The summed E-state index contributed by atoms with van der Waals surface area (Å²) in [7, 11) is 0. The van der Waals surface area contributed by atoms with E-state index in [1.54, 1.807) is 5.57 Å². The molecule has 0 radical (unpaired) electrons. The normalized spacial score (nSPS) is 45.6. The van der Waals surface area contributed by atoms with Gasteiger partial charge in [-0.1, -0.05) is 65.3 Å². The van der Waals surface area contributed by atoms with Gasteiger partial charge in [0.1, 0.15) is 0 Å². The molecule has 4 unspecified atom stereocenters. The molecule has 9 atom stereocenters. The summed E-state index contributed by atoms with van der Waals surface area (Å²) in [6.07, 6.45) is 19.1. The molecule has 3 saturated carbocycles. The van der Waals surface area contributed by atoms with Crippen LogP contribution in [0.5, 0.6) is 0 Å². The van der Waals surface area contributed by atoms with E-state index in [1.165, 1.54) is 44.9 Å². The quantitative estimate of drug-likeness (QED) is 0.457. The first kappa shape index (κ1) is 22.6. The Morgan fingerprint density at radius 3 is 2.50 bits per heavy atom. The summed E-state index contributed by atoms with van der Waals surface area (Å²) in [4.78, 5) is 0. The summed E-state index contributed by atoms with van der Waals surface area (Å²) < 4.78 is 0. The minimum atomic E-state index is -0.0870. The molecule has 0 spiro atoms. The fourth-order valence-electron chi connectivity index (χ4n) is 8.83. The van der Waals surface area contributed by atoms with Crippen molar-refractivity contribution in [3.8, 4) is 0 Å². The number of hydrogen-bond donors (Lipinski definition) is 1. The van der Waals surface area contributed by atoms with Crippen molar-refractivity contribution in [1.29, 1.82) is 0 Å². The van der Waals surface area contributed by atoms with Crippen LogP contribution in [-0.2, 0) is 0 Å². The lowest BCUT2D eigenvalue weighted by Gasteiger charge is -2.58. The van der Waals surface area contributed by atoms with Crippen LogP contribution in [0.25, 0.3) is 0 Å². The Kier molecular flexibility index (Phi) is 6.35. The maximum Gasteiger partial charge on any atom is 0.0577 e. The van der Waals surface area contributed by atoms with Gasteiger partial charge in [-0.3, -0.25) is 0 Å². The molecule has 0 amide bonds. The highest BCUT2D eigenvalue weighted by molar-refractivity contribution is 5.25. The van der Waals surface area contributed by atoms with Crippen LogP contribution >= 0.6 is 0 Å². The number of allylic oxidation sites excluding steroid dienone is 3. The second-order valence-corrected chi connectivity index (χ2v) is 12.4. The van der Waals surface area contributed by atoms with Crippen LogP contribution in [0.15, 0.2) is 23.8 Å². The molecule has 0 bridgehead atoms. The SMILES string of the molecule is CC[C@H](/C=C/[C@@H](C)[C@H]1CCC2C3CC=C4CC(O)CC[C@]4(C)C3CC[C@@]21C)C(C)C. The highest BCUT2D eigenvalue weighted by Crippen LogP contribution is 2.67. The van der Waals surface area contributed by atoms with E-state index in [2.05, 4.69) is 59.8 Å². The smallest absolute Gasteiger partial charge is 0.0577 e. The topological polar surface area (TPSA) is 20.2 Å². The molecule has 0 aliphatic heterocycles. The first-order valence-corrected chi connectivity index (χ1v) is 13.3. The number of aliphatic hydroxyl groups excluding tert-OH is 1. The zero-order chi connectivity index (χ0) is 21.7. The fraction of sp³-hybridized carbons (Fsp3) is 0.862. The van der Waals surface area contributed by atoms with E-state index >= 15 is 0 Å². The maximum absolute atomic E-state index is 10.2. The van der Waals surface area contributed by atoms with Crippen LogP contribution < -0.4 is 0 Å². The molecular formula is C29H48O. The minimum absolute atomic E-state index is 0.0870. The number of aliphatic hydroxyl groups is 1. The summed E-state index contributed by atoms with van der Waals surface area (Å²) in [5, 5.41) is 10.2. The number of fused-ring (bicyclic) bond motifs is 5. The van der Waals surface area contributed by atoms with Crippen LogP contribution in [-0.4, -0.2) is 11.2 Å². The maximum atomic E-state index is 10.2.